The highest BCUT2D eigenvalue weighted by atomic mass is 127. The molecular weight excluding hydrogens is 489 g/mol. The van der Waals surface area contributed by atoms with Gasteiger partial charge in [-0.2, -0.15) is 0 Å². The highest BCUT2D eigenvalue weighted by molar-refractivity contribution is 14.0. The van der Waals surface area contributed by atoms with Gasteiger partial charge in [-0.15, -0.1) is 24.0 Å². The first-order valence-electron chi connectivity index (χ1n) is 10.3. The lowest BCUT2D eigenvalue weighted by Crippen LogP contribution is -2.52. The zero-order valence-corrected chi connectivity index (χ0v) is 19.9. The predicted molar refractivity (Wildman–Crippen MR) is 134 cm³/mol. The van der Waals surface area contributed by atoms with Crippen molar-refractivity contribution in [2.45, 2.75) is 13.0 Å². The number of aromatic nitrogens is 1. The first kappa shape index (κ1) is 24.3. The van der Waals surface area contributed by atoms with Gasteiger partial charge in [0.25, 0.3) is 0 Å². The third-order valence-corrected chi connectivity index (χ3v) is 4.99. The zero-order valence-electron chi connectivity index (χ0n) is 17.5. The maximum absolute atomic E-state index is 10.4. The average molecular weight is 521 g/mol. The summed E-state index contributed by atoms with van der Waals surface area (Å²) < 4.78 is 0. The van der Waals surface area contributed by atoms with Gasteiger partial charge in [-0.25, -0.2) is 0 Å². The molecule has 162 valence electrons. The van der Waals surface area contributed by atoms with Crippen molar-refractivity contribution >= 4 is 36.0 Å². The summed E-state index contributed by atoms with van der Waals surface area (Å²) in [6, 6.07) is 14.1. The van der Waals surface area contributed by atoms with E-state index in [9.17, 15) is 5.11 Å². The number of pyridine rings is 1. The molecule has 6 nitrogen and oxygen atoms in total. The highest BCUT2D eigenvalue weighted by Crippen LogP contribution is 2.12. The van der Waals surface area contributed by atoms with Gasteiger partial charge in [0.2, 0.25) is 0 Å². The molecule has 7 heteroatoms. The van der Waals surface area contributed by atoms with Crippen molar-refractivity contribution in [1.29, 1.82) is 0 Å². The number of nitrogens with one attached hydrogen (secondary N) is 1. The van der Waals surface area contributed by atoms with E-state index in [-0.39, 0.29) is 24.0 Å². The van der Waals surface area contributed by atoms with Gasteiger partial charge in [0, 0.05) is 51.7 Å². The van der Waals surface area contributed by atoms with Crippen LogP contribution in [0.1, 0.15) is 24.2 Å². The second-order valence-corrected chi connectivity index (χ2v) is 7.09. The van der Waals surface area contributed by atoms with Crippen LogP contribution in [0.15, 0.2) is 65.9 Å². The summed E-state index contributed by atoms with van der Waals surface area (Å²) in [5.74, 6) is 0.875. The van der Waals surface area contributed by atoms with E-state index >= 15 is 0 Å². The molecule has 2 N–H and O–H groups in total. The Labute approximate surface area is 196 Å². The van der Waals surface area contributed by atoms with Crippen LogP contribution in [-0.4, -0.2) is 71.7 Å². The van der Waals surface area contributed by atoms with E-state index in [4.69, 9.17) is 0 Å². The number of rotatable bonds is 7. The topological polar surface area (TPSA) is 64.0 Å². The standard InChI is InChI=1S/C23H31N5O.HI/c1-2-25-23(26-19-22(29)21-10-12-24-13-11-21)28-17-15-27(16-18-28)14-6-9-20-7-4-3-5-8-20;/h3-13,22,29H,2,14-19H2,1H3,(H,25,26);1H/b9-6+;. The highest BCUT2D eigenvalue weighted by Gasteiger charge is 2.19. The zero-order chi connectivity index (χ0) is 20.3. The minimum absolute atomic E-state index is 0. The molecule has 0 amide bonds. The van der Waals surface area contributed by atoms with E-state index < -0.39 is 6.10 Å². The molecule has 1 aliphatic heterocycles. The van der Waals surface area contributed by atoms with Crippen LogP contribution in [0.5, 0.6) is 0 Å². The Hall–Kier alpha value is -1.97. The number of hydrogen-bond acceptors (Lipinski definition) is 4. The molecule has 0 saturated carbocycles. The van der Waals surface area contributed by atoms with Crippen LogP contribution < -0.4 is 5.32 Å². The van der Waals surface area contributed by atoms with Gasteiger partial charge >= 0.3 is 0 Å². The number of aliphatic imine (C=N–C) groups is 1. The van der Waals surface area contributed by atoms with Crippen LogP contribution in [0.3, 0.4) is 0 Å². The van der Waals surface area contributed by atoms with E-state index in [0.717, 1.165) is 50.8 Å². The van der Waals surface area contributed by atoms with Crippen molar-refractivity contribution in [1.82, 2.24) is 20.1 Å². The molecule has 1 atom stereocenters. The molecule has 0 radical (unpaired) electrons. The molecule has 1 aliphatic rings. The fraction of sp³-hybridized carbons (Fsp3) is 0.391. The normalized spacial score (nSPS) is 16.3. The van der Waals surface area contributed by atoms with Gasteiger partial charge in [0.15, 0.2) is 5.96 Å². The summed E-state index contributed by atoms with van der Waals surface area (Å²) >= 11 is 0. The summed E-state index contributed by atoms with van der Waals surface area (Å²) in [6.07, 6.45) is 7.18. The predicted octanol–water partition coefficient (Wildman–Crippen LogP) is 3.03. The van der Waals surface area contributed by atoms with Crippen LogP contribution in [0.25, 0.3) is 6.08 Å². The van der Waals surface area contributed by atoms with Gasteiger partial charge in [0.1, 0.15) is 0 Å². The fourth-order valence-corrected chi connectivity index (χ4v) is 3.33. The Balaban J connectivity index is 0.00000320. The molecule has 0 spiro atoms. The minimum atomic E-state index is -0.615. The number of nitrogens with zero attached hydrogens (tertiary/aromatic N) is 4. The summed E-state index contributed by atoms with van der Waals surface area (Å²) in [4.78, 5) is 13.4. The maximum atomic E-state index is 10.4. The monoisotopic (exact) mass is 521 g/mol. The summed E-state index contributed by atoms with van der Waals surface area (Å²) in [5.41, 5.74) is 2.08. The second kappa shape index (κ2) is 13.4. The molecule has 0 aliphatic carbocycles. The number of aliphatic hydroxyl groups excluding tert-OH is 1. The number of hydrogen-bond donors (Lipinski definition) is 2. The Morgan fingerprint density at radius 2 is 1.83 bits per heavy atom. The van der Waals surface area contributed by atoms with Crippen molar-refractivity contribution in [2.75, 3.05) is 45.8 Å². The molecule has 1 fully saturated rings. The van der Waals surface area contributed by atoms with E-state index in [1.807, 2.05) is 18.2 Å². The Morgan fingerprint density at radius 1 is 1.13 bits per heavy atom. The molecule has 1 aromatic heterocycles. The number of halogens is 1. The van der Waals surface area contributed by atoms with Crippen molar-refractivity contribution < 1.29 is 5.11 Å². The smallest absolute Gasteiger partial charge is 0.194 e. The van der Waals surface area contributed by atoms with E-state index in [1.165, 1.54) is 5.56 Å². The number of guanidine groups is 1. The van der Waals surface area contributed by atoms with Gasteiger partial charge in [-0.1, -0.05) is 42.5 Å². The number of benzene rings is 1. The molecule has 3 rings (SSSR count). The Morgan fingerprint density at radius 3 is 2.50 bits per heavy atom. The lowest BCUT2D eigenvalue weighted by molar-refractivity contribution is 0.181. The molecule has 1 unspecified atom stereocenters. The van der Waals surface area contributed by atoms with Gasteiger partial charge in [-0.05, 0) is 30.2 Å². The summed E-state index contributed by atoms with van der Waals surface area (Å²) in [7, 11) is 0. The van der Waals surface area contributed by atoms with Crippen LogP contribution in [0.2, 0.25) is 0 Å². The maximum Gasteiger partial charge on any atom is 0.194 e. The SMILES string of the molecule is CCNC(=NCC(O)c1ccncc1)N1CCN(C/C=C/c2ccccc2)CC1.I. The van der Waals surface area contributed by atoms with Gasteiger partial charge in [-0.3, -0.25) is 14.9 Å². The van der Waals surface area contributed by atoms with E-state index in [2.05, 4.69) is 68.4 Å². The quantitative estimate of drug-likeness (QED) is 0.333. The third-order valence-electron chi connectivity index (χ3n) is 4.99. The lowest BCUT2D eigenvalue weighted by Gasteiger charge is -2.36. The van der Waals surface area contributed by atoms with Crippen molar-refractivity contribution in [2.24, 2.45) is 4.99 Å². The summed E-state index contributed by atoms with van der Waals surface area (Å²) in [5, 5.41) is 13.7. The van der Waals surface area contributed by atoms with Crippen LogP contribution in [0.4, 0.5) is 0 Å². The van der Waals surface area contributed by atoms with Crippen LogP contribution >= 0.6 is 24.0 Å². The van der Waals surface area contributed by atoms with E-state index in [1.54, 1.807) is 12.4 Å². The molecule has 2 aromatic rings. The Kier molecular flexibility index (Phi) is 10.8. The fourth-order valence-electron chi connectivity index (χ4n) is 3.33. The largest absolute Gasteiger partial charge is 0.386 e. The van der Waals surface area contributed by atoms with Crippen LogP contribution in [-0.2, 0) is 0 Å². The van der Waals surface area contributed by atoms with Crippen molar-refractivity contribution in [3.63, 3.8) is 0 Å². The molecule has 1 saturated heterocycles. The first-order valence-corrected chi connectivity index (χ1v) is 10.3. The number of piperazine rings is 1. The molecule has 2 heterocycles. The number of aliphatic hydroxyl groups is 1. The summed E-state index contributed by atoms with van der Waals surface area (Å²) in [6.45, 7) is 8.02. The molecule has 30 heavy (non-hydrogen) atoms. The van der Waals surface area contributed by atoms with Gasteiger partial charge < -0.3 is 15.3 Å². The molecule has 1 aromatic carbocycles. The minimum Gasteiger partial charge on any atom is -0.386 e. The van der Waals surface area contributed by atoms with Gasteiger partial charge in [0.05, 0.1) is 12.6 Å². The Bertz CT molecular complexity index is 777. The van der Waals surface area contributed by atoms with Crippen molar-refractivity contribution in [3.8, 4) is 0 Å². The average Bonchev–Trinajstić information content (AvgIpc) is 2.78. The lowest BCUT2D eigenvalue weighted by atomic mass is 10.1. The van der Waals surface area contributed by atoms with Crippen LogP contribution in [0, 0.1) is 0 Å². The van der Waals surface area contributed by atoms with Crippen molar-refractivity contribution in [3.05, 3.63) is 72.1 Å². The second-order valence-electron chi connectivity index (χ2n) is 7.09. The molecular formula is C23H32IN5O. The first-order chi connectivity index (χ1) is 14.3. The molecule has 0 bridgehead atoms. The van der Waals surface area contributed by atoms with E-state index in [0.29, 0.717) is 6.54 Å². The third kappa shape index (κ3) is 7.70.